The van der Waals surface area contributed by atoms with Gasteiger partial charge in [0.2, 0.25) is 0 Å². The summed E-state index contributed by atoms with van der Waals surface area (Å²) in [5, 5.41) is 0. The second-order valence-electron chi connectivity index (χ2n) is 6.23. The summed E-state index contributed by atoms with van der Waals surface area (Å²) in [6.07, 6.45) is 4.66. The zero-order valence-corrected chi connectivity index (χ0v) is 11.6. The molecular formula is C14H24N4. The zero-order valence-electron chi connectivity index (χ0n) is 11.6. The summed E-state index contributed by atoms with van der Waals surface area (Å²) in [5.74, 6) is 0.744. The minimum atomic E-state index is 0.236. The first-order valence-electron chi connectivity index (χ1n) is 6.72. The van der Waals surface area contributed by atoms with E-state index in [1.165, 1.54) is 6.42 Å². The van der Waals surface area contributed by atoms with Crippen LogP contribution in [-0.2, 0) is 0 Å². The van der Waals surface area contributed by atoms with Gasteiger partial charge in [0.1, 0.15) is 6.33 Å². The van der Waals surface area contributed by atoms with Crippen LogP contribution in [0.5, 0.6) is 0 Å². The molecule has 0 aromatic carbocycles. The molecule has 0 aliphatic carbocycles. The van der Waals surface area contributed by atoms with Crippen molar-refractivity contribution in [1.29, 1.82) is 0 Å². The fraction of sp³-hybridized carbons (Fsp3) is 0.714. The smallest absolute Gasteiger partial charge is 0.115 e. The number of hydrogen-bond acceptors (Lipinski definition) is 4. The average Bonchev–Trinajstić information content (AvgIpc) is 2.81. The van der Waals surface area contributed by atoms with Crippen LogP contribution in [0.1, 0.15) is 38.9 Å². The number of likely N-dealkylation sites (tertiary alicyclic amines) is 1. The number of nitrogens with two attached hydrogens (primary N) is 1. The number of hydrogen-bond donors (Lipinski definition) is 1. The maximum Gasteiger partial charge on any atom is 0.115 e. The Morgan fingerprint density at radius 1 is 1.50 bits per heavy atom. The summed E-state index contributed by atoms with van der Waals surface area (Å²) < 4.78 is 0. The van der Waals surface area contributed by atoms with Gasteiger partial charge in [-0.05, 0) is 30.4 Å². The molecule has 1 aromatic rings. The summed E-state index contributed by atoms with van der Waals surface area (Å²) >= 11 is 0. The van der Waals surface area contributed by atoms with Gasteiger partial charge in [0.05, 0.1) is 11.7 Å². The van der Waals surface area contributed by atoms with Gasteiger partial charge in [-0.2, -0.15) is 0 Å². The van der Waals surface area contributed by atoms with E-state index in [0.29, 0.717) is 12.0 Å². The highest BCUT2D eigenvalue weighted by Gasteiger charge is 2.35. The van der Waals surface area contributed by atoms with E-state index in [2.05, 4.69) is 35.6 Å². The van der Waals surface area contributed by atoms with Crippen molar-refractivity contribution in [2.75, 3.05) is 19.6 Å². The Labute approximate surface area is 110 Å². The molecule has 1 aliphatic heterocycles. The van der Waals surface area contributed by atoms with Crippen molar-refractivity contribution in [2.24, 2.45) is 17.1 Å². The van der Waals surface area contributed by atoms with E-state index in [1.54, 1.807) is 12.5 Å². The van der Waals surface area contributed by atoms with E-state index in [1.807, 2.05) is 6.07 Å². The normalized spacial score (nSPS) is 23.2. The molecule has 2 heterocycles. The van der Waals surface area contributed by atoms with Crippen LogP contribution in [0.15, 0.2) is 18.6 Å². The van der Waals surface area contributed by atoms with E-state index < -0.39 is 0 Å². The molecule has 2 N–H and O–H groups in total. The van der Waals surface area contributed by atoms with E-state index in [-0.39, 0.29) is 6.04 Å². The molecule has 2 unspecified atom stereocenters. The summed E-state index contributed by atoms with van der Waals surface area (Å²) in [5.41, 5.74) is 7.36. The van der Waals surface area contributed by atoms with E-state index in [0.717, 1.165) is 24.7 Å². The van der Waals surface area contributed by atoms with Gasteiger partial charge in [0.15, 0.2) is 0 Å². The predicted octanol–water partition coefficient (Wildman–Crippen LogP) is 1.84. The van der Waals surface area contributed by atoms with Gasteiger partial charge >= 0.3 is 0 Å². The highest BCUT2D eigenvalue weighted by Crippen LogP contribution is 2.36. The molecule has 4 heteroatoms. The Balaban J connectivity index is 2.08. The Morgan fingerprint density at radius 2 is 2.28 bits per heavy atom. The molecule has 2 atom stereocenters. The molecule has 1 aliphatic rings. The number of aromatic nitrogens is 2. The largest absolute Gasteiger partial charge is 0.329 e. The Morgan fingerprint density at radius 3 is 2.78 bits per heavy atom. The van der Waals surface area contributed by atoms with Gasteiger partial charge in [0, 0.05) is 19.3 Å². The lowest BCUT2D eigenvalue weighted by Crippen LogP contribution is -2.34. The van der Waals surface area contributed by atoms with E-state index in [4.69, 9.17) is 5.73 Å². The van der Waals surface area contributed by atoms with Crippen LogP contribution in [0.2, 0.25) is 0 Å². The summed E-state index contributed by atoms with van der Waals surface area (Å²) in [6, 6.07) is 2.21. The highest BCUT2D eigenvalue weighted by molar-refractivity contribution is 5.07. The molecule has 0 amide bonds. The van der Waals surface area contributed by atoms with Gasteiger partial charge in [-0.3, -0.25) is 4.90 Å². The van der Waals surface area contributed by atoms with Crippen molar-refractivity contribution in [3.05, 3.63) is 24.3 Å². The minimum absolute atomic E-state index is 0.236. The summed E-state index contributed by atoms with van der Waals surface area (Å²) in [6.45, 7) is 9.83. The molecule has 18 heavy (non-hydrogen) atoms. The third-order valence-corrected chi connectivity index (χ3v) is 4.05. The SMILES string of the molecule is CC(C)(C)C1CCN(C(CN)c2ccncn2)C1. The van der Waals surface area contributed by atoms with Crippen molar-refractivity contribution in [2.45, 2.75) is 33.2 Å². The molecule has 1 fully saturated rings. The molecule has 100 valence electrons. The Bertz CT molecular complexity index is 371. The van der Waals surface area contributed by atoms with Crippen molar-refractivity contribution in [3.8, 4) is 0 Å². The van der Waals surface area contributed by atoms with Crippen LogP contribution < -0.4 is 5.73 Å². The predicted molar refractivity (Wildman–Crippen MR) is 73.0 cm³/mol. The van der Waals surface area contributed by atoms with Crippen molar-refractivity contribution < 1.29 is 0 Å². The van der Waals surface area contributed by atoms with Gasteiger partial charge in [0.25, 0.3) is 0 Å². The lowest BCUT2D eigenvalue weighted by atomic mass is 9.80. The third kappa shape index (κ3) is 2.87. The number of rotatable bonds is 3. The molecule has 0 radical (unpaired) electrons. The fourth-order valence-corrected chi connectivity index (χ4v) is 2.73. The molecule has 4 nitrogen and oxygen atoms in total. The second-order valence-corrected chi connectivity index (χ2v) is 6.23. The second kappa shape index (κ2) is 5.33. The lowest BCUT2D eigenvalue weighted by molar-refractivity contribution is 0.195. The summed E-state index contributed by atoms with van der Waals surface area (Å²) in [7, 11) is 0. The van der Waals surface area contributed by atoms with Crippen LogP contribution in [0.4, 0.5) is 0 Å². The lowest BCUT2D eigenvalue weighted by Gasteiger charge is -2.30. The molecule has 0 saturated carbocycles. The van der Waals surface area contributed by atoms with E-state index in [9.17, 15) is 0 Å². The molecule has 1 aromatic heterocycles. The maximum atomic E-state index is 5.94. The van der Waals surface area contributed by atoms with E-state index >= 15 is 0 Å². The number of nitrogens with zero attached hydrogens (tertiary/aromatic N) is 3. The average molecular weight is 248 g/mol. The standard InChI is InChI=1S/C14H24N4/c1-14(2,3)11-5-7-18(9-11)13(8-15)12-4-6-16-10-17-12/h4,6,10-11,13H,5,7-9,15H2,1-3H3. The molecular weight excluding hydrogens is 224 g/mol. The molecule has 0 bridgehead atoms. The quantitative estimate of drug-likeness (QED) is 0.887. The van der Waals surface area contributed by atoms with Gasteiger partial charge in [-0.1, -0.05) is 20.8 Å². The van der Waals surface area contributed by atoms with Gasteiger partial charge < -0.3 is 5.73 Å². The van der Waals surface area contributed by atoms with Gasteiger partial charge in [-0.15, -0.1) is 0 Å². The van der Waals surface area contributed by atoms with Crippen LogP contribution in [-0.4, -0.2) is 34.5 Å². The first-order valence-corrected chi connectivity index (χ1v) is 6.72. The minimum Gasteiger partial charge on any atom is -0.329 e. The Hall–Kier alpha value is -1.00. The van der Waals surface area contributed by atoms with Crippen LogP contribution in [0.3, 0.4) is 0 Å². The molecule has 0 spiro atoms. The van der Waals surface area contributed by atoms with Crippen LogP contribution in [0.25, 0.3) is 0 Å². The first-order chi connectivity index (χ1) is 8.52. The molecule has 1 saturated heterocycles. The summed E-state index contributed by atoms with van der Waals surface area (Å²) in [4.78, 5) is 10.8. The maximum absolute atomic E-state index is 5.94. The highest BCUT2D eigenvalue weighted by atomic mass is 15.2. The monoisotopic (exact) mass is 248 g/mol. The van der Waals surface area contributed by atoms with Gasteiger partial charge in [-0.25, -0.2) is 9.97 Å². The van der Waals surface area contributed by atoms with Crippen molar-refractivity contribution >= 4 is 0 Å². The first kappa shape index (κ1) is 13.4. The topological polar surface area (TPSA) is 55.0 Å². The van der Waals surface area contributed by atoms with Crippen LogP contribution >= 0.6 is 0 Å². The molecule has 2 rings (SSSR count). The third-order valence-electron chi connectivity index (χ3n) is 4.05. The fourth-order valence-electron chi connectivity index (χ4n) is 2.73. The van der Waals surface area contributed by atoms with Crippen LogP contribution in [0, 0.1) is 11.3 Å². The van der Waals surface area contributed by atoms with Crippen molar-refractivity contribution in [1.82, 2.24) is 14.9 Å². The van der Waals surface area contributed by atoms with Crippen molar-refractivity contribution in [3.63, 3.8) is 0 Å². The zero-order chi connectivity index (χ0) is 13.2. The Kier molecular flexibility index (Phi) is 3.97.